The topological polar surface area (TPSA) is 0 Å². The van der Waals surface area contributed by atoms with E-state index in [1.807, 2.05) is 0 Å². The van der Waals surface area contributed by atoms with Gasteiger partial charge in [-0.15, -0.1) is 0 Å². The van der Waals surface area contributed by atoms with E-state index in [1.54, 1.807) is 0 Å². The fraction of sp³-hybridized carbons (Fsp3) is 0.500. The molecule has 0 aliphatic heterocycles. The Balaban J connectivity index is 2.16. The lowest BCUT2D eigenvalue weighted by Crippen LogP contribution is -2.19. The average molecular weight is 187 g/mol. The van der Waals surface area contributed by atoms with Gasteiger partial charge in [-0.05, 0) is 43.1 Å². The first-order valence-electron chi connectivity index (χ1n) is 5.65. The zero-order chi connectivity index (χ0) is 9.97. The normalized spacial score (nSPS) is 32.9. The highest BCUT2D eigenvalue weighted by Gasteiger charge is 2.26. The molecule has 1 aromatic carbocycles. The average Bonchev–Trinajstić information content (AvgIpc) is 2.23. The largest absolute Gasteiger partial charge is 0.0625 e. The summed E-state index contributed by atoms with van der Waals surface area (Å²) in [6.07, 6.45) is 3.97. The molecule has 1 radical (unpaired) electrons. The SMILES string of the molecule is [CH2]C1CCC(C)CC1c1ccccc1. The molecule has 14 heavy (non-hydrogen) atoms. The highest BCUT2D eigenvalue weighted by molar-refractivity contribution is 5.21. The minimum absolute atomic E-state index is 0.619. The van der Waals surface area contributed by atoms with Crippen LogP contribution in [0.3, 0.4) is 0 Å². The van der Waals surface area contributed by atoms with Crippen molar-refractivity contribution >= 4 is 0 Å². The minimum atomic E-state index is 0.619. The fourth-order valence-corrected chi connectivity index (χ4v) is 2.55. The van der Waals surface area contributed by atoms with Crippen molar-refractivity contribution < 1.29 is 0 Å². The molecular formula is C14H19. The first-order chi connectivity index (χ1) is 6.77. The molecule has 0 amide bonds. The molecule has 75 valence electrons. The predicted molar refractivity (Wildman–Crippen MR) is 61.0 cm³/mol. The third kappa shape index (κ3) is 2.00. The van der Waals surface area contributed by atoms with Gasteiger partial charge < -0.3 is 0 Å². The molecule has 1 aromatic rings. The Bertz CT molecular complexity index is 275. The lowest BCUT2D eigenvalue weighted by molar-refractivity contribution is 0.285. The summed E-state index contributed by atoms with van der Waals surface area (Å²) < 4.78 is 0. The van der Waals surface area contributed by atoms with E-state index in [-0.39, 0.29) is 0 Å². The molecule has 1 aliphatic carbocycles. The summed E-state index contributed by atoms with van der Waals surface area (Å²) in [4.78, 5) is 0. The van der Waals surface area contributed by atoms with E-state index in [4.69, 9.17) is 0 Å². The Hall–Kier alpha value is -0.780. The van der Waals surface area contributed by atoms with E-state index in [0.717, 1.165) is 5.92 Å². The standard InChI is InChI=1S/C14H19/c1-11-8-9-12(2)14(10-11)13-6-4-3-5-7-13/h3-7,11-12,14H,2,8-10H2,1H3. The highest BCUT2D eigenvalue weighted by Crippen LogP contribution is 2.39. The van der Waals surface area contributed by atoms with Gasteiger partial charge in [0.05, 0.1) is 0 Å². The Labute approximate surface area is 87.3 Å². The maximum atomic E-state index is 4.29. The summed E-state index contributed by atoms with van der Waals surface area (Å²) >= 11 is 0. The Morgan fingerprint density at radius 3 is 2.57 bits per heavy atom. The van der Waals surface area contributed by atoms with Crippen LogP contribution < -0.4 is 0 Å². The number of rotatable bonds is 1. The summed E-state index contributed by atoms with van der Waals surface area (Å²) in [7, 11) is 0. The van der Waals surface area contributed by atoms with Crippen LogP contribution in [0.15, 0.2) is 30.3 Å². The predicted octanol–water partition coefficient (Wildman–Crippen LogP) is 4.04. The Kier molecular flexibility index (Phi) is 2.90. The van der Waals surface area contributed by atoms with Crippen molar-refractivity contribution in [3.05, 3.63) is 42.8 Å². The zero-order valence-electron chi connectivity index (χ0n) is 8.95. The van der Waals surface area contributed by atoms with Crippen LogP contribution in [-0.2, 0) is 0 Å². The van der Waals surface area contributed by atoms with Gasteiger partial charge in [-0.2, -0.15) is 0 Å². The molecule has 0 heterocycles. The van der Waals surface area contributed by atoms with Crippen LogP contribution in [0, 0.1) is 18.8 Å². The molecule has 3 unspecified atom stereocenters. The van der Waals surface area contributed by atoms with Crippen LogP contribution in [0.25, 0.3) is 0 Å². The van der Waals surface area contributed by atoms with Gasteiger partial charge >= 0.3 is 0 Å². The number of hydrogen-bond donors (Lipinski definition) is 0. The van der Waals surface area contributed by atoms with E-state index >= 15 is 0 Å². The van der Waals surface area contributed by atoms with Crippen molar-refractivity contribution in [3.8, 4) is 0 Å². The molecule has 0 bridgehead atoms. The first-order valence-corrected chi connectivity index (χ1v) is 5.65. The lowest BCUT2D eigenvalue weighted by atomic mass is 9.72. The van der Waals surface area contributed by atoms with Gasteiger partial charge in [-0.3, -0.25) is 0 Å². The van der Waals surface area contributed by atoms with E-state index in [0.29, 0.717) is 11.8 Å². The minimum Gasteiger partial charge on any atom is -0.0625 e. The van der Waals surface area contributed by atoms with Gasteiger partial charge in [-0.1, -0.05) is 43.7 Å². The quantitative estimate of drug-likeness (QED) is 0.622. The van der Waals surface area contributed by atoms with E-state index in [2.05, 4.69) is 44.2 Å². The summed E-state index contributed by atoms with van der Waals surface area (Å²) in [5, 5.41) is 0. The van der Waals surface area contributed by atoms with Crippen LogP contribution in [0.1, 0.15) is 37.7 Å². The van der Waals surface area contributed by atoms with Gasteiger partial charge in [0, 0.05) is 0 Å². The summed E-state index contributed by atoms with van der Waals surface area (Å²) in [5.74, 6) is 2.19. The van der Waals surface area contributed by atoms with Crippen LogP contribution >= 0.6 is 0 Å². The van der Waals surface area contributed by atoms with Crippen molar-refractivity contribution in [2.45, 2.75) is 32.1 Å². The smallest absolute Gasteiger partial charge is 0.0131 e. The van der Waals surface area contributed by atoms with Crippen molar-refractivity contribution in [2.24, 2.45) is 11.8 Å². The summed E-state index contributed by atoms with van der Waals surface area (Å²) in [6.45, 7) is 6.65. The molecule has 0 aromatic heterocycles. The molecule has 0 nitrogen and oxygen atoms in total. The van der Waals surface area contributed by atoms with E-state index in [9.17, 15) is 0 Å². The monoisotopic (exact) mass is 187 g/mol. The summed E-state index contributed by atoms with van der Waals surface area (Å²) in [6, 6.07) is 10.9. The molecule has 3 atom stereocenters. The number of hydrogen-bond acceptors (Lipinski definition) is 0. The van der Waals surface area contributed by atoms with Crippen LogP contribution in [0.2, 0.25) is 0 Å². The van der Waals surface area contributed by atoms with E-state index in [1.165, 1.54) is 24.8 Å². The van der Waals surface area contributed by atoms with Crippen LogP contribution in [0.4, 0.5) is 0 Å². The molecular weight excluding hydrogens is 168 g/mol. The molecule has 1 saturated carbocycles. The van der Waals surface area contributed by atoms with Crippen LogP contribution in [0.5, 0.6) is 0 Å². The second kappa shape index (κ2) is 4.16. The Morgan fingerprint density at radius 1 is 1.14 bits per heavy atom. The molecule has 0 saturated heterocycles. The second-order valence-electron chi connectivity index (χ2n) is 4.70. The van der Waals surface area contributed by atoms with Crippen molar-refractivity contribution in [1.29, 1.82) is 0 Å². The maximum absolute atomic E-state index is 4.29. The van der Waals surface area contributed by atoms with Gasteiger partial charge in [-0.25, -0.2) is 0 Å². The molecule has 1 fully saturated rings. The summed E-state index contributed by atoms with van der Waals surface area (Å²) in [5.41, 5.74) is 1.49. The highest BCUT2D eigenvalue weighted by atomic mass is 14.3. The van der Waals surface area contributed by atoms with Crippen molar-refractivity contribution in [2.75, 3.05) is 0 Å². The van der Waals surface area contributed by atoms with Crippen molar-refractivity contribution in [3.63, 3.8) is 0 Å². The Morgan fingerprint density at radius 2 is 1.86 bits per heavy atom. The van der Waals surface area contributed by atoms with Crippen LogP contribution in [-0.4, -0.2) is 0 Å². The fourth-order valence-electron chi connectivity index (χ4n) is 2.55. The zero-order valence-corrected chi connectivity index (χ0v) is 8.95. The second-order valence-corrected chi connectivity index (χ2v) is 4.70. The molecule has 0 heteroatoms. The third-order valence-corrected chi connectivity index (χ3v) is 3.48. The van der Waals surface area contributed by atoms with Gasteiger partial charge in [0.2, 0.25) is 0 Å². The third-order valence-electron chi connectivity index (χ3n) is 3.48. The lowest BCUT2D eigenvalue weighted by Gasteiger charge is -2.32. The number of benzene rings is 1. The van der Waals surface area contributed by atoms with Crippen molar-refractivity contribution in [1.82, 2.24) is 0 Å². The molecule has 1 aliphatic rings. The molecule has 2 rings (SSSR count). The van der Waals surface area contributed by atoms with Gasteiger partial charge in [0.25, 0.3) is 0 Å². The van der Waals surface area contributed by atoms with E-state index < -0.39 is 0 Å². The first kappa shape index (κ1) is 9.76. The van der Waals surface area contributed by atoms with Gasteiger partial charge in [0.15, 0.2) is 0 Å². The maximum Gasteiger partial charge on any atom is -0.0131 e. The van der Waals surface area contributed by atoms with Gasteiger partial charge in [0.1, 0.15) is 0 Å². The molecule has 0 N–H and O–H groups in total. The molecule has 0 spiro atoms.